The second-order valence-corrected chi connectivity index (χ2v) is 4.98. The van der Waals surface area contributed by atoms with Crippen LogP contribution in [0.2, 0.25) is 5.02 Å². The number of aromatic nitrogens is 2. The molecular weight excluding hydrogens is 303 g/mol. The largest absolute Gasteiger partial charge is 0.368 e. The molecule has 22 heavy (non-hydrogen) atoms. The highest BCUT2D eigenvalue weighted by Crippen LogP contribution is 2.20. The predicted molar refractivity (Wildman–Crippen MR) is 86.5 cm³/mol. The van der Waals surface area contributed by atoms with Crippen LogP contribution in [0, 0.1) is 5.82 Å². The van der Waals surface area contributed by atoms with Gasteiger partial charge in [0.2, 0.25) is 5.95 Å². The first-order chi connectivity index (χ1) is 10.6. The van der Waals surface area contributed by atoms with Gasteiger partial charge in [0.1, 0.15) is 5.82 Å². The van der Waals surface area contributed by atoms with Crippen LogP contribution in [0.1, 0.15) is 5.56 Å². The molecule has 0 unspecified atom stereocenters. The van der Waals surface area contributed by atoms with Gasteiger partial charge in [0.25, 0.3) is 0 Å². The van der Waals surface area contributed by atoms with Crippen molar-refractivity contribution in [3.8, 4) is 11.3 Å². The van der Waals surface area contributed by atoms with Gasteiger partial charge in [-0.05, 0) is 12.1 Å². The number of nitrogens with zero attached hydrogens (tertiary/aromatic N) is 3. The molecule has 0 radical (unpaired) electrons. The average molecular weight is 315 g/mol. The summed E-state index contributed by atoms with van der Waals surface area (Å²) in [5, 5.41) is 4.41. The Morgan fingerprint density at radius 2 is 1.91 bits per heavy atom. The lowest BCUT2D eigenvalue weighted by Gasteiger charge is -1.99. The summed E-state index contributed by atoms with van der Waals surface area (Å²) in [4.78, 5) is 4.24. The van der Waals surface area contributed by atoms with Gasteiger partial charge in [0, 0.05) is 11.1 Å². The standard InChI is InChI=1S/C16H12ClFN4/c17-13-7-4-8-14(18)12(13)9-20-22-10-15(21-16(22)19)11-5-2-1-3-6-11/h1-10H,(H2,19,21)/b20-9+. The molecule has 0 amide bonds. The van der Waals surface area contributed by atoms with E-state index in [-0.39, 0.29) is 16.5 Å². The van der Waals surface area contributed by atoms with Gasteiger partial charge >= 0.3 is 0 Å². The first-order valence-corrected chi connectivity index (χ1v) is 6.91. The van der Waals surface area contributed by atoms with Gasteiger partial charge in [-0.2, -0.15) is 5.10 Å². The summed E-state index contributed by atoms with van der Waals surface area (Å²) in [6.45, 7) is 0. The summed E-state index contributed by atoms with van der Waals surface area (Å²) in [5.74, 6) is -0.235. The Kier molecular flexibility index (Phi) is 3.89. The van der Waals surface area contributed by atoms with Crippen LogP contribution in [0.5, 0.6) is 0 Å². The zero-order valence-corrected chi connectivity index (χ0v) is 12.2. The molecule has 1 heterocycles. The molecule has 0 saturated carbocycles. The maximum Gasteiger partial charge on any atom is 0.221 e. The molecule has 0 aliphatic carbocycles. The summed E-state index contributed by atoms with van der Waals surface area (Å²) in [6, 6.07) is 14.0. The minimum Gasteiger partial charge on any atom is -0.368 e. The van der Waals surface area contributed by atoms with Crippen LogP contribution in [-0.2, 0) is 0 Å². The van der Waals surface area contributed by atoms with Gasteiger partial charge in [0.05, 0.1) is 23.1 Å². The van der Waals surface area contributed by atoms with Crippen molar-refractivity contribution < 1.29 is 4.39 Å². The summed E-state index contributed by atoms with van der Waals surface area (Å²) in [7, 11) is 0. The second kappa shape index (κ2) is 5.99. The molecule has 0 saturated heterocycles. The highest BCUT2D eigenvalue weighted by atomic mass is 35.5. The molecule has 0 spiro atoms. The summed E-state index contributed by atoms with van der Waals surface area (Å²) >= 11 is 5.95. The van der Waals surface area contributed by atoms with Gasteiger partial charge in [-0.3, -0.25) is 0 Å². The Morgan fingerprint density at radius 1 is 1.14 bits per heavy atom. The Bertz CT molecular complexity index is 807. The summed E-state index contributed by atoms with van der Waals surface area (Å²) < 4.78 is 15.1. The summed E-state index contributed by atoms with van der Waals surface area (Å²) in [5.41, 5.74) is 7.65. The number of nitrogens with two attached hydrogens (primary N) is 1. The molecule has 2 N–H and O–H groups in total. The van der Waals surface area contributed by atoms with Crippen molar-refractivity contribution in [2.24, 2.45) is 5.10 Å². The van der Waals surface area contributed by atoms with Gasteiger partial charge in [-0.15, -0.1) is 0 Å². The van der Waals surface area contributed by atoms with Crippen LogP contribution < -0.4 is 5.73 Å². The summed E-state index contributed by atoms with van der Waals surface area (Å²) in [6.07, 6.45) is 3.00. The van der Waals surface area contributed by atoms with E-state index in [1.54, 1.807) is 12.3 Å². The van der Waals surface area contributed by atoms with Crippen molar-refractivity contribution in [1.29, 1.82) is 0 Å². The third-order valence-corrected chi connectivity index (χ3v) is 3.42. The van der Waals surface area contributed by atoms with Crippen molar-refractivity contribution in [2.75, 3.05) is 5.73 Å². The van der Waals surface area contributed by atoms with E-state index < -0.39 is 5.82 Å². The lowest BCUT2D eigenvalue weighted by atomic mass is 10.2. The van der Waals surface area contributed by atoms with E-state index in [9.17, 15) is 4.39 Å². The number of rotatable bonds is 3. The van der Waals surface area contributed by atoms with Crippen LogP contribution in [0.4, 0.5) is 10.3 Å². The highest BCUT2D eigenvalue weighted by molar-refractivity contribution is 6.33. The Morgan fingerprint density at radius 3 is 2.64 bits per heavy atom. The molecule has 4 nitrogen and oxygen atoms in total. The van der Waals surface area contributed by atoms with Gasteiger partial charge in [-0.25, -0.2) is 14.1 Å². The zero-order valence-electron chi connectivity index (χ0n) is 11.4. The number of hydrogen-bond acceptors (Lipinski definition) is 3. The molecular formula is C16H12ClFN4. The first-order valence-electron chi connectivity index (χ1n) is 6.54. The zero-order chi connectivity index (χ0) is 15.5. The molecule has 0 fully saturated rings. The molecule has 0 atom stereocenters. The van der Waals surface area contributed by atoms with Crippen LogP contribution in [0.25, 0.3) is 11.3 Å². The lowest BCUT2D eigenvalue weighted by Crippen LogP contribution is -1.98. The Balaban J connectivity index is 1.94. The van der Waals surface area contributed by atoms with E-state index in [1.165, 1.54) is 23.0 Å². The molecule has 3 aromatic rings. The van der Waals surface area contributed by atoms with Gasteiger partial charge in [0.15, 0.2) is 0 Å². The van der Waals surface area contributed by atoms with Crippen molar-refractivity contribution in [3.05, 3.63) is 71.1 Å². The van der Waals surface area contributed by atoms with Crippen molar-refractivity contribution in [3.63, 3.8) is 0 Å². The third kappa shape index (κ3) is 2.84. The highest BCUT2D eigenvalue weighted by Gasteiger charge is 2.07. The SMILES string of the molecule is Nc1nc(-c2ccccc2)cn1/N=C/c1c(F)cccc1Cl. The normalized spacial score (nSPS) is 11.2. The van der Waals surface area contributed by atoms with Crippen molar-refractivity contribution in [1.82, 2.24) is 9.66 Å². The number of benzene rings is 2. The van der Waals surface area contributed by atoms with Crippen LogP contribution >= 0.6 is 11.6 Å². The fourth-order valence-corrected chi connectivity index (χ4v) is 2.19. The van der Waals surface area contributed by atoms with E-state index in [1.807, 2.05) is 30.3 Å². The minimum absolute atomic E-state index is 0.207. The average Bonchev–Trinajstić information content (AvgIpc) is 2.89. The molecule has 1 aromatic heterocycles. The fraction of sp³-hybridized carbons (Fsp3) is 0. The second-order valence-electron chi connectivity index (χ2n) is 4.57. The fourth-order valence-electron chi connectivity index (χ4n) is 1.98. The molecule has 0 aliphatic rings. The van der Waals surface area contributed by atoms with Crippen LogP contribution in [-0.4, -0.2) is 15.9 Å². The van der Waals surface area contributed by atoms with Gasteiger partial charge < -0.3 is 5.73 Å². The third-order valence-electron chi connectivity index (χ3n) is 3.09. The maximum atomic E-state index is 13.7. The quantitative estimate of drug-likeness (QED) is 0.747. The lowest BCUT2D eigenvalue weighted by molar-refractivity contribution is 0.626. The smallest absolute Gasteiger partial charge is 0.221 e. The van der Waals surface area contributed by atoms with Crippen molar-refractivity contribution in [2.45, 2.75) is 0 Å². The molecule has 0 aliphatic heterocycles. The molecule has 2 aromatic carbocycles. The van der Waals surface area contributed by atoms with E-state index in [4.69, 9.17) is 17.3 Å². The van der Waals surface area contributed by atoms with E-state index in [2.05, 4.69) is 10.1 Å². The number of anilines is 1. The molecule has 0 bridgehead atoms. The van der Waals surface area contributed by atoms with Crippen molar-refractivity contribution >= 4 is 23.8 Å². The molecule has 110 valence electrons. The number of nitrogen functional groups attached to an aromatic ring is 1. The van der Waals surface area contributed by atoms with E-state index >= 15 is 0 Å². The topological polar surface area (TPSA) is 56.2 Å². The number of halogens is 2. The number of imidazole rings is 1. The van der Waals surface area contributed by atoms with Crippen LogP contribution in [0.15, 0.2) is 59.8 Å². The van der Waals surface area contributed by atoms with E-state index in [0.717, 1.165) is 5.56 Å². The van der Waals surface area contributed by atoms with E-state index in [0.29, 0.717) is 5.69 Å². The van der Waals surface area contributed by atoms with Crippen LogP contribution in [0.3, 0.4) is 0 Å². The maximum absolute atomic E-state index is 13.7. The molecule has 3 rings (SSSR count). The minimum atomic E-state index is -0.446. The Hall–Kier alpha value is -2.66. The monoisotopic (exact) mass is 314 g/mol. The molecule has 6 heteroatoms. The Labute approximate surface area is 131 Å². The number of hydrogen-bond donors (Lipinski definition) is 1. The van der Waals surface area contributed by atoms with Gasteiger partial charge in [-0.1, -0.05) is 48.0 Å². The first kappa shape index (κ1) is 14.3. The predicted octanol–water partition coefficient (Wildman–Crippen LogP) is 3.81.